The Bertz CT molecular complexity index is 1070. The van der Waals surface area contributed by atoms with Gasteiger partial charge in [-0.25, -0.2) is 4.57 Å². The third-order valence-corrected chi connectivity index (χ3v) is 8.19. The molecule has 0 amide bonds. The standard InChI is InChI=1S/C41H69O9P/c1-3-5-7-8-9-10-11-12-13-14-15-18-23-29-35-48-36-40(37-49-51(45,46)47)50-41(44)34-28-20-17-16-19-25-31-39(43)33-27-22-21-26-32-38(42)30-24-6-4-2/h6,17,19-22,24-27,29,32-33,35,38-40,42-43H,3-5,7-16,18,23,28,30-31,34,36-37H2,1-2H3,(H2,45,46,47)/b20-17-,22-21-,24-6-,25-19-,32-26+,33-27+,35-29+/t38-,39+,40+/m0/s1. The van der Waals surface area contributed by atoms with E-state index in [1.54, 1.807) is 42.7 Å². The first-order valence-corrected chi connectivity index (χ1v) is 20.7. The molecule has 0 fully saturated rings. The number of aliphatic hydroxyl groups is 2. The Labute approximate surface area is 309 Å². The summed E-state index contributed by atoms with van der Waals surface area (Å²) in [7, 11) is -4.72. The molecule has 10 heteroatoms. The lowest BCUT2D eigenvalue weighted by Gasteiger charge is -2.17. The fourth-order valence-electron chi connectivity index (χ4n) is 4.84. The molecule has 0 aliphatic carbocycles. The van der Waals surface area contributed by atoms with Crippen molar-refractivity contribution in [1.82, 2.24) is 0 Å². The second-order valence-electron chi connectivity index (χ2n) is 12.6. The average molecular weight is 737 g/mol. The highest BCUT2D eigenvalue weighted by Gasteiger charge is 2.21. The van der Waals surface area contributed by atoms with Crippen LogP contribution in [0.1, 0.15) is 136 Å². The average Bonchev–Trinajstić information content (AvgIpc) is 3.09. The van der Waals surface area contributed by atoms with Crippen molar-refractivity contribution in [2.24, 2.45) is 0 Å². The highest BCUT2D eigenvalue weighted by Crippen LogP contribution is 2.35. The molecule has 0 rings (SSSR count). The normalized spacial score (nSPS) is 14.8. The molecular formula is C41H69O9P. The smallest absolute Gasteiger partial charge is 0.469 e. The fourth-order valence-corrected chi connectivity index (χ4v) is 5.20. The molecule has 0 unspecified atom stereocenters. The lowest BCUT2D eigenvalue weighted by atomic mass is 10.0. The van der Waals surface area contributed by atoms with Gasteiger partial charge in [-0.05, 0) is 51.0 Å². The topological polar surface area (TPSA) is 143 Å². The van der Waals surface area contributed by atoms with E-state index >= 15 is 0 Å². The number of phosphoric ester groups is 1. The highest BCUT2D eigenvalue weighted by atomic mass is 31.2. The summed E-state index contributed by atoms with van der Waals surface area (Å²) in [5.74, 6) is -0.515. The van der Waals surface area contributed by atoms with E-state index in [4.69, 9.17) is 19.3 Å². The van der Waals surface area contributed by atoms with Crippen LogP contribution < -0.4 is 0 Å². The molecule has 0 aliphatic rings. The van der Waals surface area contributed by atoms with Crippen molar-refractivity contribution in [3.05, 3.63) is 85.3 Å². The van der Waals surface area contributed by atoms with Gasteiger partial charge in [-0.2, -0.15) is 0 Å². The van der Waals surface area contributed by atoms with Gasteiger partial charge >= 0.3 is 13.8 Å². The Balaban J connectivity index is 4.19. The van der Waals surface area contributed by atoms with E-state index in [0.29, 0.717) is 25.7 Å². The summed E-state index contributed by atoms with van der Waals surface area (Å²) < 4.78 is 26.5. The molecule has 9 nitrogen and oxygen atoms in total. The molecule has 0 radical (unpaired) electrons. The third-order valence-electron chi connectivity index (χ3n) is 7.70. The number of allylic oxidation sites excluding steroid dienone is 9. The van der Waals surface area contributed by atoms with Crippen LogP contribution in [0.4, 0.5) is 0 Å². The first kappa shape index (κ1) is 48.5. The van der Waals surface area contributed by atoms with Crippen LogP contribution in [0, 0.1) is 0 Å². The monoisotopic (exact) mass is 736 g/mol. The SMILES string of the molecule is CC/C=C\C[C@H](O)/C=C/C=C\C=C\[C@H](O)C/C=C\C/C=C\CCC(=O)O[C@H](CO/C=C/CCCCCCCCCCCCCC)COP(=O)(O)O. The maximum Gasteiger partial charge on any atom is 0.469 e. The number of unbranched alkanes of at least 4 members (excludes halogenated alkanes) is 12. The summed E-state index contributed by atoms with van der Waals surface area (Å²) in [6.07, 6.45) is 43.1. The van der Waals surface area contributed by atoms with Gasteiger partial charge < -0.3 is 29.5 Å². The summed E-state index contributed by atoms with van der Waals surface area (Å²) in [5, 5.41) is 19.9. The molecule has 0 heterocycles. The van der Waals surface area contributed by atoms with Gasteiger partial charge in [0.2, 0.25) is 0 Å². The number of hydrogen-bond acceptors (Lipinski definition) is 7. The van der Waals surface area contributed by atoms with Crippen LogP contribution in [0.15, 0.2) is 85.3 Å². The summed E-state index contributed by atoms with van der Waals surface area (Å²) in [6.45, 7) is 3.75. The Kier molecular flexibility index (Phi) is 34.1. The van der Waals surface area contributed by atoms with Gasteiger partial charge in [0.05, 0.1) is 25.1 Å². The Hall–Kier alpha value is -2.52. The van der Waals surface area contributed by atoms with Crippen LogP contribution in [-0.4, -0.2) is 57.5 Å². The lowest BCUT2D eigenvalue weighted by Crippen LogP contribution is -2.27. The number of esters is 1. The van der Waals surface area contributed by atoms with E-state index in [9.17, 15) is 19.6 Å². The molecule has 51 heavy (non-hydrogen) atoms. The number of phosphoric acid groups is 1. The minimum absolute atomic E-state index is 0.0724. The molecule has 0 saturated carbocycles. The Morgan fingerprint density at radius 3 is 1.76 bits per heavy atom. The zero-order valence-corrected chi connectivity index (χ0v) is 32.3. The second-order valence-corrected chi connectivity index (χ2v) is 13.9. The first-order valence-electron chi connectivity index (χ1n) is 19.2. The minimum atomic E-state index is -4.72. The van der Waals surface area contributed by atoms with Crippen molar-refractivity contribution in [2.75, 3.05) is 13.2 Å². The van der Waals surface area contributed by atoms with E-state index in [1.807, 2.05) is 49.5 Å². The Morgan fingerprint density at radius 1 is 0.647 bits per heavy atom. The van der Waals surface area contributed by atoms with Gasteiger partial charge in [-0.1, -0.05) is 157 Å². The molecule has 4 N–H and O–H groups in total. The van der Waals surface area contributed by atoms with Gasteiger partial charge in [0.1, 0.15) is 6.61 Å². The predicted octanol–water partition coefficient (Wildman–Crippen LogP) is 10.0. The van der Waals surface area contributed by atoms with Crippen molar-refractivity contribution in [3.8, 4) is 0 Å². The van der Waals surface area contributed by atoms with Crippen LogP contribution in [0.5, 0.6) is 0 Å². The number of carbonyl (C=O) groups is 1. The molecular weight excluding hydrogens is 667 g/mol. The molecule has 0 aromatic heterocycles. The van der Waals surface area contributed by atoms with Crippen molar-refractivity contribution in [1.29, 1.82) is 0 Å². The van der Waals surface area contributed by atoms with Crippen LogP contribution >= 0.6 is 7.82 Å². The van der Waals surface area contributed by atoms with Crippen LogP contribution in [0.2, 0.25) is 0 Å². The summed E-state index contributed by atoms with van der Waals surface area (Å²) in [4.78, 5) is 30.5. The minimum Gasteiger partial charge on any atom is -0.498 e. The number of ether oxygens (including phenoxy) is 2. The van der Waals surface area contributed by atoms with Crippen LogP contribution in [-0.2, 0) is 23.4 Å². The van der Waals surface area contributed by atoms with Crippen LogP contribution in [0.25, 0.3) is 0 Å². The Morgan fingerprint density at radius 2 is 1.20 bits per heavy atom. The van der Waals surface area contributed by atoms with Gasteiger partial charge in [-0.3, -0.25) is 9.32 Å². The second kappa shape index (κ2) is 35.9. The molecule has 0 spiro atoms. The number of rotatable bonds is 34. The van der Waals surface area contributed by atoms with E-state index in [1.165, 1.54) is 70.6 Å². The first-order chi connectivity index (χ1) is 24.7. The molecule has 0 bridgehead atoms. The molecule has 0 aliphatic heterocycles. The maximum absolute atomic E-state index is 12.3. The zero-order chi connectivity index (χ0) is 37.7. The van der Waals surface area contributed by atoms with Crippen molar-refractivity contribution in [3.63, 3.8) is 0 Å². The quantitative estimate of drug-likeness (QED) is 0.0127. The van der Waals surface area contributed by atoms with E-state index in [2.05, 4.69) is 11.4 Å². The van der Waals surface area contributed by atoms with Crippen molar-refractivity contribution < 1.29 is 43.4 Å². The predicted molar refractivity (Wildman–Crippen MR) is 209 cm³/mol. The third kappa shape index (κ3) is 38.5. The van der Waals surface area contributed by atoms with Gasteiger partial charge in [-0.15, -0.1) is 0 Å². The maximum atomic E-state index is 12.3. The van der Waals surface area contributed by atoms with Gasteiger partial charge in [0.15, 0.2) is 6.10 Å². The summed E-state index contributed by atoms with van der Waals surface area (Å²) in [6, 6.07) is 0. The molecule has 292 valence electrons. The van der Waals surface area contributed by atoms with E-state index in [-0.39, 0.29) is 13.0 Å². The lowest BCUT2D eigenvalue weighted by molar-refractivity contribution is -0.153. The number of aliphatic hydroxyl groups excluding tert-OH is 2. The molecule has 0 saturated heterocycles. The van der Waals surface area contributed by atoms with E-state index < -0.39 is 38.7 Å². The summed E-state index contributed by atoms with van der Waals surface area (Å²) >= 11 is 0. The zero-order valence-electron chi connectivity index (χ0n) is 31.4. The number of carbonyl (C=O) groups excluding carboxylic acids is 1. The van der Waals surface area contributed by atoms with Crippen molar-refractivity contribution >= 4 is 13.8 Å². The highest BCUT2D eigenvalue weighted by molar-refractivity contribution is 7.46. The molecule has 0 aromatic rings. The molecule has 0 aromatic carbocycles. The fraction of sp³-hybridized carbons (Fsp3) is 0.634. The summed E-state index contributed by atoms with van der Waals surface area (Å²) in [5.41, 5.74) is 0. The largest absolute Gasteiger partial charge is 0.498 e. The van der Waals surface area contributed by atoms with Gasteiger partial charge in [0, 0.05) is 6.42 Å². The van der Waals surface area contributed by atoms with Crippen molar-refractivity contribution in [2.45, 2.75) is 154 Å². The molecule has 3 atom stereocenters. The number of hydrogen-bond donors (Lipinski definition) is 4. The van der Waals surface area contributed by atoms with Gasteiger partial charge in [0.25, 0.3) is 0 Å². The van der Waals surface area contributed by atoms with E-state index in [0.717, 1.165) is 19.3 Å². The van der Waals surface area contributed by atoms with Crippen LogP contribution in [0.3, 0.4) is 0 Å².